The summed E-state index contributed by atoms with van der Waals surface area (Å²) >= 11 is 0. The van der Waals surface area contributed by atoms with Crippen LogP contribution in [0.2, 0.25) is 0 Å². The minimum atomic E-state index is -2.62. The number of aliphatic hydroxyl groups is 3. The van der Waals surface area contributed by atoms with E-state index in [1.54, 1.807) is 6.07 Å². The molecule has 8 N–H and O–H groups in total. The molecule has 3 aliphatic rings. The summed E-state index contributed by atoms with van der Waals surface area (Å²) in [6.45, 7) is 5.63. The smallest absolute Gasteiger partial charge is 0.255 e. The number of amides is 2. The number of carbonyl (C=O) groups excluding carboxylic acids is 4. The molecule has 0 heterocycles. The van der Waals surface area contributed by atoms with E-state index in [1.165, 1.54) is 6.07 Å². The van der Waals surface area contributed by atoms with E-state index in [1.807, 2.05) is 20.8 Å². The Labute approximate surface area is 206 Å². The Kier molecular flexibility index (Phi) is 5.96. The van der Waals surface area contributed by atoms with E-state index in [2.05, 4.69) is 10.6 Å². The van der Waals surface area contributed by atoms with E-state index in [-0.39, 0.29) is 48.2 Å². The number of aromatic hydroxyl groups is 1. The van der Waals surface area contributed by atoms with Gasteiger partial charge in [-0.15, -0.1) is 0 Å². The number of hydrogen-bond donors (Lipinski definition) is 7. The molecule has 0 aromatic heterocycles. The minimum absolute atomic E-state index is 0.0157. The van der Waals surface area contributed by atoms with Crippen LogP contribution in [-0.4, -0.2) is 61.5 Å². The van der Waals surface area contributed by atoms with Gasteiger partial charge in [0.1, 0.15) is 22.8 Å². The van der Waals surface area contributed by atoms with Gasteiger partial charge in [-0.25, -0.2) is 0 Å². The van der Waals surface area contributed by atoms with E-state index < -0.39 is 63.7 Å². The van der Waals surface area contributed by atoms with Crippen LogP contribution >= 0.6 is 0 Å². The summed E-state index contributed by atoms with van der Waals surface area (Å²) in [5.74, 6) is -7.37. The van der Waals surface area contributed by atoms with Crippen molar-refractivity contribution in [1.82, 2.24) is 5.32 Å². The second kappa shape index (κ2) is 8.45. The number of fused-ring (bicyclic) bond motifs is 3. The minimum Gasteiger partial charge on any atom is -0.508 e. The molecule has 11 heteroatoms. The maximum atomic E-state index is 13.5. The molecule has 0 spiro atoms. The van der Waals surface area contributed by atoms with Gasteiger partial charge in [-0.3, -0.25) is 19.2 Å². The molecule has 4 rings (SSSR count). The highest BCUT2D eigenvalue weighted by molar-refractivity contribution is 6.22. The second-order valence-electron chi connectivity index (χ2n) is 10.6. The van der Waals surface area contributed by atoms with Gasteiger partial charge in [-0.2, -0.15) is 0 Å². The van der Waals surface area contributed by atoms with Crippen molar-refractivity contribution in [2.45, 2.75) is 51.2 Å². The van der Waals surface area contributed by atoms with Crippen molar-refractivity contribution in [2.24, 2.45) is 17.6 Å². The molecule has 0 radical (unpaired) electrons. The van der Waals surface area contributed by atoms with Crippen LogP contribution in [0, 0.1) is 11.8 Å². The van der Waals surface area contributed by atoms with Crippen molar-refractivity contribution >= 4 is 34.8 Å². The Hall–Kier alpha value is -3.70. The average molecular weight is 500 g/mol. The molecule has 11 nitrogen and oxygen atoms in total. The summed E-state index contributed by atoms with van der Waals surface area (Å²) < 4.78 is 0. The number of phenols is 1. The highest BCUT2D eigenvalue weighted by Gasteiger charge is 2.60. The van der Waals surface area contributed by atoms with Gasteiger partial charge in [-0.05, 0) is 51.2 Å². The van der Waals surface area contributed by atoms with E-state index in [0.717, 1.165) is 0 Å². The van der Waals surface area contributed by atoms with Crippen molar-refractivity contribution in [3.8, 4) is 5.75 Å². The van der Waals surface area contributed by atoms with Gasteiger partial charge in [0.25, 0.3) is 5.91 Å². The SMILES string of the molecule is CC(C)(C)NCC(=O)Nc1ccc2c(c1O)C(O)=C1C(=O)[C@]3(O)C(O)=C(C(N)=O)C(=O)C[C@@H]3C[C@@H]1C2. The van der Waals surface area contributed by atoms with Crippen LogP contribution in [0.4, 0.5) is 5.69 Å². The number of nitrogens with one attached hydrogen (secondary N) is 2. The normalized spacial score (nSPS) is 25.8. The highest BCUT2D eigenvalue weighted by Crippen LogP contribution is 2.52. The largest absolute Gasteiger partial charge is 0.508 e. The molecule has 0 aliphatic heterocycles. The predicted octanol–water partition coefficient (Wildman–Crippen LogP) is 0.751. The molecular formula is C25H29N3O8. The number of phenolic OH excluding ortho intramolecular Hbond substituents is 1. The van der Waals surface area contributed by atoms with Gasteiger partial charge in [0.15, 0.2) is 11.4 Å². The second-order valence-corrected chi connectivity index (χ2v) is 10.6. The van der Waals surface area contributed by atoms with Crippen LogP contribution in [0.15, 0.2) is 29.0 Å². The van der Waals surface area contributed by atoms with Crippen LogP contribution in [0.5, 0.6) is 5.75 Å². The number of ketones is 2. The zero-order valence-electron chi connectivity index (χ0n) is 20.1. The van der Waals surface area contributed by atoms with Gasteiger partial charge in [0.2, 0.25) is 11.7 Å². The highest BCUT2D eigenvalue weighted by atomic mass is 16.3. The molecule has 0 bridgehead atoms. The quantitative estimate of drug-likeness (QED) is 0.231. The number of anilines is 1. The molecule has 3 atom stereocenters. The van der Waals surface area contributed by atoms with E-state index in [0.29, 0.717) is 5.56 Å². The van der Waals surface area contributed by atoms with E-state index in [4.69, 9.17) is 5.73 Å². The number of rotatable bonds is 4. The molecule has 2 amide bonds. The zero-order valence-corrected chi connectivity index (χ0v) is 20.1. The van der Waals surface area contributed by atoms with Crippen molar-refractivity contribution in [3.63, 3.8) is 0 Å². The fourth-order valence-electron chi connectivity index (χ4n) is 5.24. The maximum Gasteiger partial charge on any atom is 0.255 e. The van der Waals surface area contributed by atoms with Crippen LogP contribution in [0.25, 0.3) is 5.76 Å². The van der Waals surface area contributed by atoms with Crippen LogP contribution < -0.4 is 16.4 Å². The summed E-state index contributed by atoms with van der Waals surface area (Å²) in [7, 11) is 0. The first kappa shape index (κ1) is 25.4. The van der Waals surface area contributed by atoms with Gasteiger partial charge in [-0.1, -0.05) is 6.07 Å². The number of Topliss-reactive ketones (excluding diaryl/α,β-unsaturated/α-hetero) is 2. The molecule has 0 saturated heterocycles. The lowest BCUT2D eigenvalue weighted by molar-refractivity contribution is -0.147. The topological polar surface area (TPSA) is 199 Å². The van der Waals surface area contributed by atoms with Gasteiger partial charge in [0.05, 0.1) is 17.8 Å². The number of primary amides is 1. The van der Waals surface area contributed by atoms with Crippen molar-refractivity contribution < 1.29 is 39.6 Å². The van der Waals surface area contributed by atoms with E-state index >= 15 is 0 Å². The lowest BCUT2D eigenvalue weighted by Gasteiger charge is -2.46. The lowest BCUT2D eigenvalue weighted by atomic mass is 9.59. The fourth-order valence-corrected chi connectivity index (χ4v) is 5.24. The third-order valence-electron chi connectivity index (χ3n) is 6.99. The molecule has 1 aromatic carbocycles. The van der Waals surface area contributed by atoms with Crippen LogP contribution in [-0.2, 0) is 25.6 Å². The monoisotopic (exact) mass is 499 g/mol. The zero-order chi connectivity index (χ0) is 26.7. The standard InChI is InChI=1S/C25H29N3O8/c1-24(2,3)27-9-15(30)28-13-5-4-10-6-11-7-12-8-14(29)18(23(26)35)22(34)25(12,36)21(33)17(11)20(32)16(10)19(13)31/h4-5,11-12,27,31-32,34,36H,6-9H2,1-3H3,(H2,26,35)(H,28,30)/t11-,12-,25-/m0/s1. The van der Waals surface area contributed by atoms with Gasteiger partial charge < -0.3 is 36.8 Å². The number of aliphatic hydroxyl groups excluding tert-OH is 2. The van der Waals surface area contributed by atoms with Gasteiger partial charge in [0, 0.05) is 23.5 Å². The summed E-state index contributed by atoms with van der Waals surface area (Å²) in [6.07, 6.45) is -0.122. The molecular weight excluding hydrogens is 470 g/mol. The van der Waals surface area contributed by atoms with Crippen molar-refractivity contribution in [1.29, 1.82) is 0 Å². The van der Waals surface area contributed by atoms with Crippen LogP contribution in [0.3, 0.4) is 0 Å². The Bertz CT molecular complexity index is 1270. The molecule has 1 saturated carbocycles. The Balaban J connectivity index is 1.74. The predicted molar refractivity (Wildman–Crippen MR) is 128 cm³/mol. The lowest BCUT2D eigenvalue weighted by Crippen LogP contribution is -2.58. The molecule has 36 heavy (non-hydrogen) atoms. The summed E-state index contributed by atoms with van der Waals surface area (Å²) in [5.41, 5.74) is 1.62. The van der Waals surface area contributed by atoms with Gasteiger partial charge >= 0.3 is 0 Å². The number of carbonyl (C=O) groups is 4. The third-order valence-corrected chi connectivity index (χ3v) is 6.99. The summed E-state index contributed by atoms with van der Waals surface area (Å²) in [5, 5.41) is 49.4. The molecule has 192 valence electrons. The first-order chi connectivity index (χ1) is 16.7. The molecule has 1 fully saturated rings. The maximum absolute atomic E-state index is 13.5. The fraction of sp³-hybridized carbons (Fsp3) is 0.440. The van der Waals surface area contributed by atoms with Crippen molar-refractivity contribution in [2.75, 3.05) is 11.9 Å². The number of nitrogens with two attached hydrogens (primary N) is 1. The van der Waals surface area contributed by atoms with Crippen molar-refractivity contribution in [3.05, 3.63) is 40.2 Å². The average Bonchev–Trinajstić information content (AvgIpc) is 2.76. The Morgan fingerprint density at radius 1 is 1.14 bits per heavy atom. The first-order valence-electron chi connectivity index (χ1n) is 11.5. The number of hydrogen-bond acceptors (Lipinski definition) is 9. The first-order valence-corrected chi connectivity index (χ1v) is 11.5. The molecule has 0 unspecified atom stereocenters. The Morgan fingerprint density at radius 2 is 1.81 bits per heavy atom. The molecule has 1 aromatic rings. The third kappa shape index (κ3) is 3.94. The number of benzene rings is 1. The van der Waals surface area contributed by atoms with E-state index in [9.17, 15) is 39.6 Å². The summed E-state index contributed by atoms with van der Waals surface area (Å²) in [4.78, 5) is 49.9. The summed E-state index contributed by atoms with van der Waals surface area (Å²) in [6, 6.07) is 3.09. The Morgan fingerprint density at radius 3 is 2.42 bits per heavy atom. The molecule has 3 aliphatic carbocycles. The van der Waals surface area contributed by atoms with Crippen LogP contribution in [0.1, 0.15) is 44.7 Å².